The first-order valence-corrected chi connectivity index (χ1v) is 11.7. The molecule has 0 saturated carbocycles. The van der Waals surface area contributed by atoms with Gasteiger partial charge in [-0.3, -0.25) is 4.79 Å². The first-order valence-electron chi connectivity index (χ1n) is 10.2. The number of rotatable bonds is 8. The Morgan fingerprint density at radius 3 is 2.67 bits per heavy atom. The van der Waals surface area contributed by atoms with E-state index < -0.39 is 10.0 Å². The van der Waals surface area contributed by atoms with Crippen molar-refractivity contribution in [3.05, 3.63) is 23.2 Å². The zero-order chi connectivity index (χ0) is 21.9. The molecule has 1 aliphatic heterocycles. The summed E-state index contributed by atoms with van der Waals surface area (Å²) in [7, 11) is -3.74. The largest absolute Gasteiger partial charge is 0.360 e. The van der Waals surface area contributed by atoms with E-state index >= 15 is 0 Å². The molecule has 30 heavy (non-hydrogen) atoms. The van der Waals surface area contributed by atoms with Crippen LogP contribution in [-0.2, 0) is 21.2 Å². The highest BCUT2D eigenvalue weighted by molar-refractivity contribution is 7.89. The molecule has 1 aliphatic rings. The maximum atomic E-state index is 13.0. The van der Waals surface area contributed by atoms with Crippen LogP contribution in [0.3, 0.4) is 0 Å². The van der Waals surface area contributed by atoms with Gasteiger partial charge in [-0.1, -0.05) is 24.2 Å². The predicted molar refractivity (Wildman–Crippen MR) is 107 cm³/mol. The summed E-state index contributed by atoms with van der Waals surface area (Å²) in [6, 6.07) is 0. The Morgan fingerprint density at radius 2 is 2.03 bits per heavy atom. The number of hydrogen-bond acceptors (Lipinski definition) is 8. The molecule has 1 atom stereocenters. The Morgan fingerprint density at radius 1 is 1.27 bits per heavy atom. The normalized spacial score (nSPS) is 18.1. The average molecular weight is 440 g/mol. The van der Waals surface area contributed by atoms with Gasteiger partial charge in [-0.2, -0.15) is 9.29 Å². The maximum absolute atomic E-state index is 13.0. The highest BCUT2D eigenvalue weighted by Gasteiger charge is 2.36. The number of hydrogen-bond donors (Lipinski definition) is 1. The quantitative estimate of drug-likeness (QED) is 0.617. The molecule has 2 aromatic rings. The second kappa shape index (κ2) is 9.25. The van der Waals surface area contributed by atoms with Gasteiger partial charge in [0.05, 0.1) is 5.92 Å². The Kier molecular flexibility index (Phi) is 6.91. The van der Waals surface area contributed by atoms with Gasteiger partial charge in [-0.25, -0.2) is 8.42 Å². The van der Waals surface area contributed by atoms with E-state index in [0.717, 1.165) is 0 Å². The SMILES string of the molecule is Cc1noc(C)c1S(=O)(=O)N1CCCC(C(=O)NCCCc2nc(C(C)C)no2)C1. The molecular formula is C19H29N5O5S. The van der Waals surface area contributed by atoms with E-state index in [1.165, 1.54) is 4.31 Å². The fourth-order valence-corrected chi connectivity index (χ4v) is 5.36. The standard InChI is InChI=1S/C19H29N5O5S/c1-12(2)18-21-16(29-23-18)8-5-9-20-19(25)15-7-6-10-24(11-15)30(26,27)17-13(3)22-28-14(17)4/h12,15H,5-11H2,1-4H3,(H,20,25). The van der Waals surface area contributed by atoms with Crippen molar-refractivity contribution in [3.63, 3.8) is 0 Å². The van der Waals surface area contributed by atoms with Gasteiger partial charge < -0.3 is 14.4 Å². The minimum absolute atomic E-state index is 0.101. The lowest BCUT2D eigenvalue weighted by Gasteiger charge is -2.31. The van der Waals surface area contributed by atoms with E-state index in [4.69, 9.17) is 9.05 Å². The lowest BCUT2D eigenvalue weighted by molar-refractivity contribution is -0.126. The Bertz CT molecular complexity index is 962. The molecule has 1 fully saturated rings. The molecule has 0 spiro atoms. The molecule has 0 bridgehead atoms. The van der Waals surface area contributed by atoms with E-state index in [1.807, 2.05) is 13.8 Å². The predicted octanol–water partition coefficient (Wildman–Crippen LogP) is 1.95. The molecule has 1 saturated heterocycles. The Balaban J connectivity index is 1.51. The third-order valence-electron chi connectivity index (χ3n) is 5.19. The number of aryl methyl sites for hydroxylation is 3. The smallest absolute Gasteiger partial charge is 0.248 e. The van der Waals surface area contributed by atoms with Crippen LogP contribution in [0.4, 0.5) is 0 Å². The molecule has 0 radical (unpaired) electrons. The van der Waals surface area contributed by atoms with Crippen molar-refractivity contribution in [1.82, 2.24) is 24.9 Å². The van der Waals surface area contributed by atoms with Crippen LogP contribution in [0.5, 0.6) is 0 Å². The number of nitrogens with one attached hydrogen (secondary N) is 1. The minimum Gasteiger partial charge on any atom is -0.360 e. The van der Waals surface area contributed by atoms with Crippen molar-refractivity contribution in [2.75, 3.05) is 19.6 Å². The molecule has 3 rings (SSSR count). The van der Waals surface area contributed by atoms with Crippen LogP contribution < -0.4 is 5.32 Å². The van der Waals surface area contributed by atoms with Crippen molar-refractivity contribution < 1.29 is 22.3 Å². The van der Waals surface area contributed by atoms with Crippen LogP contribution in [0.25, 0.3) is 0 Å². The molecule has 0 aliphatic carbocycles. The molecule has 2 aromatic heterocycles. The third kappa shape index (κ3) is 4.89. The number of nitrogens with zero attached hydrogens (tertiary/aromatic N) is 4. The number of amides is 1. The van der Waals surface area contributed by atoms with E-state index in [0.29, 0.717) is 56.2 Å². The lowest BCUT2D eigenvalue weighted by Crippen LogP contribution is -2.45. The number of carbonyl (C=O) groups is 1. The maximum Gasteiger partial charge on any atom is 0.248 e. The molecule has 1 N–H and O–H groups in total. The number of sulfonamides is 1. The highest BCUT2D eigenvalue weighted by Crippen LogP contribution is 2.27. The summed E-state index contributed by atoms with van der Waals surface area (Å²) < 4.78 is 37.6. The fourth-order valence-electron chi connectivity index (χ4n) is 3.55. The summed E-state index contributed by atoms with van der Waals surface area (Å²) in [4.78, 5) is 17.0. The molecule has 11 heteroatoms. The van der Waals surface area contributed by atoms with Gasteiger partial charge in [0.15, 0.2) is 11.6 Å². The molecular weight excluding hydrogens is 410 g/mol. The Hall–Kier alpha value is -2.27. The van der Waals surface area contributed by atoms with E-state index in [2.05, 4.69) is 20.6 Å². The van der Waals surface area contributed by atoms with Gasteiger partial charge in [0.25, 0.3) is 0 Å². The first kappa shape index (κ1) is 22.4. The fraction of sp³-hybridized carbons (Fsp3) is 0.684. The van der Waals surface area contributed by atoms with Crippen LogP contribution in [-0.4, -0.2) is 53.6 Å². The van der Waals surface area contributed by atoms with Crippen LogP contribution in [0.2, 0.25) is 0 Å². The second-order valence-electron chi connectivity index (χ2n) is 7.95. The molecule has 0 aromatic carbocycles. The van der Waals surface area contributed by atoms with Gasteiger partial charge >= 0.3 is 0 Å². The second-order valence-corrected chi connectivity index (χ2v) is 9.83. The van der Waals surface area contributed by atoms with Crippen LogP contribution in [0.1, 0.15) is 62.2 Å². The molecule has 1 amide bonds. The molecule has 1 unspecified atom stereocenters. The van der Waals surface area contributed by atoms with Crippen molar-refractivity contribution in [1.29, 1.82) is 0 Å². The van der Waals surface area contributed by atoms with Crippen molar-refractivity contribution in [2.24, 2.45) is 5.92 Å². The first-order chi connectivity index (χ1) is 14.2. The number of aromatic nitrogens is 3. The van der Waals surface area contributed by atoms with Crippen LogP contribution in [0, 0.1) is 19.8 Å². The molecule has 3 heterocycles. The van der Waals surface area contributed by atoms with Crippen molar-refractivity contribution >= 4 is 15.9 Å². The highest BCUT2D eigenvalue weighted by atomic mass is 32.2. The summed E-state index contributed by atoms with van der Waals surface area (Å²) in [5, 5.41) is 10.6. The number of carbonyl (C=O) groups excluding carboxylic acids is 1. The van der Waals surface area contributed by atoms with Crippen LogP contribution in [0.15, 0.2) is 13.9 Å². The topological polar surface area (TPSA) is 131 Å². The molecule has 10 nitrogen and oxygen atoms in total. The van der Waals surface area contributed by atoms with E-state index in [9.17, 15) is 13.2 Å². The van der Waals surface area contributed by atoms with Gasteiger partial charge in [-0.05, 0) is 33.1 Å². The van der Waals surface area contributed by atoms with Crippen molar-refractivity contribution in [2.45, 2.75) is 64.2 Å². The summed E-state index contributed by atoms with van der Waals surface area (Å²) >= 11 is 0. The Labute approximate surface area is 176 Å². The summed E-state index contributed by atoms with van der Waals surface area (Å²) in [5.41, 5.74) is 0.334. The van der Waals surface area contributed by atoms with Gasteiger partial charge in [-0.15, -0.1) is 0 Å². The zero-order valence-electron chi connectivity index (χ0n) is 17.8. The average Bonchev–Trinajstić information content (AvgIpc) is 3.32. The van der Waals surface area contributed by atoms with Crippen LogP contribution >= 0.6 is 0 Å². The number of piperidine rings is 1. The zero-order valence-corrected chi connectivity index (χ0v) is 18.7. The third-order valence-corrected chi connectivity index (χ3v) is 7.30. The lowest BCUT2D eigenvalue weighted by atomic mass is 9.99. The molecule has 166 valence electrons. The van der Waals surface area contributed by atoms with Gasteiger partial charge in [0.1, 0.15) is 10.6 Å². The monoisotopic (exact) mass is 439 g/mol. The summed E-state index contributed by atoms with van der Waals surface area (Å²) in [5.74, 6) is 1.18. The summed E-state index contributed by atoms with van der Waals surface area (Å²) in [6.45, 7) is 8.17. The van der Waals surface area contributed by atoms with Gasteiger partial charge in [0.2, 0.25) is 21.8 Å². The van der Waals surface area contributed by atoms with E-state index in [-0.39, 0.29) is 34.9 Å². The van der Waals surface area contributed by atoms with Gasteiger partial charge in [0, 0.05) is 32.0 Å². The summed E-state index contributed by atoms with van der Waals surface area (Å²) in [6.07, 6.45) is 2.53. The van der Waals surface area contributed by atoms with Crippen molar-refractivity contribution in [3.8, 4) is 0 Å². The van der Waals surface area contributed by atoms with E-state index in [1.54, 1.807) is 13.8 Å². The minimum atomic E-state index is -3.74.